The first-order chi connectivity index (χ1) is 8.61. The Morgan fingerprint density at radius 2 is 2.22 bits per heavy atom. The summed E-state index contributed by atoms with van der Waals surface area (Å²) in [6.45, 7) is 2.43. The molecule has 1 heterocycles. The first kappa shape index (κ1) is 12.6. The van der Waals surface area contributed by atoms with Gasteiger partial charge in [-0.05, 0) is 32.0 Å². The highest BCUT2D eigenvalue weighted by Gasteiger charge is 2.14. The van der Waals surface area contributed by atoms with Crippen molar-refractivity contribution in [3.63, 3.8) is 0 Å². The summed E-state index contributed by atoms with van der Waals surface area (Å²) in [5, 5.41) is 4.29. The van der Waals surface area contributed by atoms with Gasteiger partial charge in [-0.2, -0.15) is 5.10 Å². The van der Waals surface area contributed by atoms with Gasteiger partial charge in [0, 0.05) is 18.7 Å². The number of hydrogen-bond donors (Lipinski definition) is 1. The van der Waals surface area contributed by atoms with Gasteiger partial charge in [0.25, 0.3) is 0 Å². The Balaban J connectivity index is 2.33. The first-order valence-corrected chi connectivity index (χ1v) is 5.77. The Bertz CT molecular complexity index is 551. The fourth-order valence-corrected chi connectivity index (χ4v) is 1.88. The second-order valence-corrected chi connectivity index (χ2v) is 4.09. The molecular formula is C13H16FN3O. The van der Waals surface area contributed by atoms with Crippen molar-refractivity contribution in [2.45, 2.75) is 13.3 Å². The maximum atomic E-state index is 13.1. The molecule has 0 amide bonds. The molecule has 0 fully saturated rings. The zero-order valence-electron chi connectivity index (χ0n) is 10.5. The third kappa shape index (κ3) is 2.51. The highest BCUT2D eigenvalue weighted by atomic mass is 19.1. The zero-order valence-corrected chi connectivity index (χ0v) is 10.5. The Morgan fingerprint density at radius 1 is 1.44 bits per heavy atom. The van der Waals surface area contributed by atoms with Gasteiger partial charge < -0.3 is 10.5 Å². The topological polar surface area (TPSA) is 53.1 Å². The molecule has 96 valence electrons. The quantitative estimate of drug-likeness (QED) is 0.903. The van der Waals surface area contributed by atoms with E-state index in [9.17, 15) is 4.39 Å². The average molecular weight is 249 g/mol. The normalized spacial score (nSPS) is 10.7. The molecule has 0 aliphatic heterocycles. The van der Waals surface area contributed by atoms with Gasteiger partial charge in [0.1, 0.15) is 11.6 Å². The molecule has 0 saturated heterocycles. The van der Waals surface area contributed by atoms with Gasteiger partial charge >= 0.3 is 0 Å². The summed E-state index contributed by atoms with van der Waals surface area (Å²) in [6, 6.07) is 6.03. The number of nitrogens with zero attached hydrogens (tertiary/aromatic N) is 2. The fourth-order valence-electron chi connectivity index (χ4n) is 1.88. The molecule has 4 nitrogen and oxygen atoms in total. The SMILES string of the molecule is Cc1nn(C)c(Oc2cccc(F)c2)c1CCN. The largest absolute Gasteiger partial charge is 0.439 e. The van der Waals surface area contributed by atoms with E-state index >= 15 is 0 Å². The summed E-state index contributed by atoms with van der Waals surface area (Å²) < 4.78 is 20.4. The van der Waals surface area contributed by atoms with Crippen LogP contribution in [-0.2, 0) is 13.5 Å². The standard InChI is InChI=1S/C13H16FN3O/c1-9-12(6-7-15)13(17(2)16-9)18-11-5-3-4-10(14)8-11/h3-5,8H,6-7,15H2,1-2H3. The predicted molar refractivity (Wildman–Crippen MR) is 67.2 cm³/mol. The van der Waals surface area contributed by atoms with Crippen molar-refractivity contribution in [3.8, 4) is 11.6 Å². The summed E-state index contributed by atoms with van der Waals surface area (Å²) in [5.74, 6) is 0.742. The Labute approximate surface area is 105 Å². The molecule has 2 aromatic rings. The van der Waals surface area contributed by atoms with E-state index in [2.05, 4.69) is 5.10 Å². The van der Waals surface area contributed by atoms with Crippen molar-refractivity contribution in [3.05, 3.63) is 41.3 Å². The molecule has 1 aromatic heterocycles. The lowest BCUT2D eigenvalue weighted by Crippen LogP contribution is -2.05. The third-order valence-electron chi connectivity index (χ3n) is 2.69. The summed E-state index contributed by atoms with van der Waals surface area (Å²) in [4.78, 5) is 0. The molecule has 0 aliphatic rings. The number of rotatable bonds is 4. The zero-order chi connectivity index (χ0) is 13.1. The summed E-state index contributed by atoms with van der Waals surface area (Å²) in [5.41, 5.74) is 7.42. The van der Waals surface area contributed by atoms with Crippen LogP contribution in [0.5, 0.6) is 11.6 Å². The average Bonchev–Trinajstić information content (AvgIpc) is 2.57. The smallest absolute Gasteiger partial charge is 0.221 e. The number of halogens is 1. The van der Waals surface area contributed by atoms with Gasteiger partial charge in [0.2, 0.25) is 5.88 Å². The summed E-state index contributed by atoms with van der Waals surface area (Å²) >= 11 is 0. The number of ether oxygens (including phenoxy) is 1. The van der Waals surface area contributed by atoms with Crippen LogP contribution in [0.3, 0.4) is 0 Å². The van der Waals surface area contributed by atoms with E-state index in [0.29, 0.717) is 24.6 Å². The number of aryl methyl sites for hydroxylation is 2. The van der Waals surface area contributed by atoms with E-state index in [1.165, 1.54) is 12.1 Å². The molecule has 2 rings (SSSR count). The number of hydrogen-bond acceptors (Lipinski definition) is 3. The highest BCUT2D eigenvalue weighted by molar-refractivity contribution is 5.36. The van der Waals surface area contributed by atoms with Gasteiger partial charge in [0.15, 0.2) is 0 Å². The predicted octanol–water partition coefficient (Wildman–Crippen LogP) is 2.16. The maximum absolute atomic E-state index is 13.1. The lowest BCUT2D eigenvalue weighted by atomic mass is 10.2. The molecule has 0 radical (unpaired) electrons. The number of nitrogens with two attached hydrogens (primary N) is 1. The molecule has 0 aliphatic carbocycles. The van der Waals surface area contributed by atoms with E-state index in [-0.39, 0.29) is 5.82 Å². The molecular weight excluding hydrogens is 233 g/mol. The van der Waals surface area contributed by atoms with Gasteiger partial charge in [-0.1, -0.05) is 6.07 Å². The first-order valence-electron chi connectivity index (χ1n) is 5.77. The van der Waals surface area contributed by atoms with E-state index in [0.717, 1.165) is 11.3 Å². The number of aromatic nitrogens is 2. The van der Waals surface area contributed by atoms with Gasteiger partial charge in [-0.25, -0.2) is 9.07 Å². The van der Waals surface area contributed by atoms with Gasteiger partial charge in [0.05, 0.1) is 5.69 Å². The van der Waals surface area contributed by atoms with Crippen molar-refractivity contribution >= 4 is 0 Å². The lowest BCUT2D eigenvalue weighted by molar-refractivity contribution is 0.422. The van der Waals surface area contributed by atoms with E-state index in [4.69, 9.17) is 10.5 Å². The molecule has 0 saturated carbocycles. The minimum absolute atomic E-state index is 0.327. The Hall–Kier alpha value is -1.88. The van der Waals surface area contributed by atoms with Crippen molar-refractivity contribution in [1.82, 2.24) is 9.78 Å². The molecule has 18 heavy (non-hydrogen) atoms. The second kappa shape index (κ2) is 5.18. The summed E-state index contributed by atoms with van der Waals surface area (Å²) in [7, 11) is 1.79. The van der Waals surface area contributed by atoms with Crippen LogP contribution in [-0.4, -0.2) is 16.3 Å². The van der Waals surface area contributed by atoms with Crippen LogP contribution >= 0.6 is 0 Å². The van der Waals surface area contributed by atoms with Crippen LogP contribution in [0.2, 0.25) is 0 Å². The minimum atomic E-state index is -0.327. The van der Waals surface area contributed by atoms with Crippen LogP contribution in [0, 0.1) is 12.7 Å². The van der Waals surface area contributed by atoms with Crippen molar-refractivity contribution in [1.29, 1.82) is 0 Å². The molecule has 2 N–H and O–H groups in total. The molecule has 0 unspecified atom stereocenters. The highest BCUT2D eigenvalue weighted by Crippen LogP contribution is 2.27. The van der Waals surface area contributed by atoms with E-state index < -0.39 is 0 Å². The lowest BCUT2D eigenvalue weighted by Gasteiger charge is -2.08. The van der Waals surface area contributed by atoms with Crippen molar-refractivity contribution < 1.29 is 9.13 Å². The minimum Gasteiger partial charge on any atom is -0.439 e. The van der Waals surface area contributed by atoms with E-state index in [1.54, 1.807) is 23.9 Å². The van der Waals surface area contributed by atoms with Crippen molar-refractivity contribution in [2.24, 2.45) is 12.8 Å². The van der Waals surface area contributed by atoms with Crippen LogP contribution in [0.1, 0.15) is 11.3 Å². The fraction of sp³-hybridized carbons (Fsp3) is 0.308. The monoisotopic (exact) mass is 249 g/mol. The van der Waals surface area contributed by atoms with Crippen LogP contribution in [0.15, 0.2) is 24.3 Å². The van der Waals surface area contributed by atoms with Crippen molar-refractivity contribution in [2.75, 3.05) is 6.54 Å². The van der Waals surface area contributed by atoms with E-state index in [1.807, 2.05) is 6.92 Å². The van der Waals surface area contributed by atoms with Crippen LogP contribution in [0.4, 0.5) is 4.39 Å². The molecule has 0 spiro atoms. The molecule has 0 atom stereocenters. The maximum Gasteiger partial charge on any atom is 0.221 e. The van der Waals surface area contributed by atoms with Crippen LogP contribution < -0.4 is 10.5 Å². The summed E-state index contributed by atoms with van der Waals surface area (Å²) in [6.07, 6.45) is 0.685. The Kier molecular flexibility index (Phi) is 3.62. The Morgan fingerprint density at radius 3 is 2.89 bits per heavy atom. The van der Waals surface area contributed by atoms with Gasteiger partial charge in [-0.3, -0.25) is 0 Å². The molecule has 1 aromatic carbocycles. The number of benzene rings is 1. The van der Waals surface area contributed by atoms with Crippen LogP contribution in [0.25, 0.3) is 0 Å². The molecule has 5 heteroatoms. The van der Waals surface area contributed by atoms with Gasteiger partial charge in [-0.15, -0.1) is 0 Å². The second-order valence-electron chi connectivity index (χ2n) is 4.09. The molecule has 0 bridgehead atoms. The third-order valence-corrected chi connectivity index (χ3v) is 2.69.